The molecule has 0 bridgehead atoms. The second kappa shape index (κ2) is 8.42. The zero-order valence-corrected chi connectivity index (χ0v) is 16.7. The second-order valence-electron chi connectivity index (χ2n) is 6.70. The first kappa shape index (κ1) is 20.3. The number of sulfonamides is 1. The van der Waals surface area contributed by atoms with E-state index < -0.39 is 21.7 Å². The van der Waals surface area contributed by atoms with E-state index in [1.807, 2.05) is 0 Å². The third-order valence-corrected chi connectivity index (χ3v) is 6.61. The van der Waals surface area contributed by atoms with Gasteiger partial charge in [0.15, 0.2) is 11.6 Å². The minimum Gasteiger partial charge on any atom is -0.324 e. The molecule has 0 radical (unpaired) electrons. The van der Waals surface area contributed by atoms with Gasteiger partial charge in [0.25, 0.3) is 0 Å². The van der Waals surface area contributed by atoms with Gasteiger partial charge >= 0.3 is 0 Å². The maximum absolute atomic E-state index is 13.4. The first-order valence-electron chi connectivity index (χ1n) is 9.30. The lowest BCUT2D eigenvalue weighted by Gasteiger charge is -2.26. The van der Waals surface area contributed by atoms with Crippen LogP contribution in [-0.4, -0.2) is 48.9 Å². The molecule has 0 atom stereocenters. The Balaban J connectivity index is 1.54. The average Bonchev–Trinajstić information content (AvgIpc) is 2.77. The SMILES string of the molecule is O=S(=O)(c1ccc(-c2ccnc(Nc3ccc(F)c(F)c3)n2)cc1)N1CCNCC1. The van der Waals surface area contributed by atoms with Gasteiger partial charge in [0.2, 0.25) is 16.0 Å². The number of halogens is 2. The number of aromatic nitrogens is 2. The van der Waals surface area contributed by atoms with Crippen LogP contribution in [0.15, 0.2) is 59.6 Å². The van der Waals surface area contributed by atoms with E-state index in [9.17, 15) is 17.2 Å². The topological polar surface area (TPSA) is 87.2 Å². The first-order chi connectivity index (χ1) is 14.4. The number of rotatable bonds is 5. The van der Waals surface area contributed by atoms with Gasteiger partial charge < -0.3 is 10.6 Å². The fourth-order valence-corrected chi connectivity index (χ4v) is 4.56. The molecule has 3 aromatic rings. The molecule has 30 heavy (non-hydrogen) atoms. The highest BCUT2D eigenvalue weighted by Gasteiger charge is 2.25. The molecule has 1 fully saturated rings. The van der Waals surface area contributed by atoms with Gasteiger partial charge in [0, 0.05) is 49.7 Å². The van der Waals surface area contributed by atoms with E-state index in [1.54, 1.807) is 30.3 Å². The van der Waals surface area contributed by atoms with E-state index in [0.717, 1.165) is 12.1 Å². The summed E-state index contributed by atoms with van der Waals surface area (Å²) in [5, 5.41) is 5.96. The van der Waals surface area contributed by atoms with E-state index in [1.165, 1.54) is 16.6 Å². The molecule has 10 heteroatoms. The highest BCUT2D eigenvalue weighted by atomic mass is 32.2. The molecule has 0 aliphatic carbocycles. The van der Waals surface area contributed by atoms with E-state index in [0.29, 0.717) is 43.1 Å². The summed E-state index contributed by atoms with van der Waals surface area (Å²) in [6.07, 6.45) is 1.52. The molecule has 0 spiro atoms. The van der Waals surface area contributed by atoms with Crippen molar-refractivity contribution in [3.8, 4) is 11.3 Å². The summed E-state index contributed by atoms with van der Waals surface area (Å²) in [5.74, 6) is -1.71. The van der Waals surface area contributed by atoms with Crippen LogP contribution < -0.4 is 10.6 Å². The van der Waals surface area contributed by atoms with Crippen LogP contribution >= 0.6 is 0 Å². The van der Waals surface area contributed by atoms with Gasteiger partial charge in [-0.05, 0) is 30.3 Å². The van der Waals surface area contributed by atoms with Crippen LogP contribution in [0.2, 0.25) is 0 Å². The summed E-state index contributed by atoms with van der Waals surface area (Å²) in [4.78, 5) is 8.67. The zero-order chi connectivity index (χ0) is 21.1. The molecule has 1 aliphatic heterocycles. The Labute approximate surface area is 172 Å². The standard InChI is InChI=1S/C20H19F2N5O2S/c21-17-6-3-15(13-18(17)22)25-20-24-8-7-19(26-20)14-1-4-16(5-2-14)30(28,29)27-11-9-23-10-12-27/h1-8,13,23H,9-12H2,(H,24,25,26). The van der Waals surface area contributed by atoms with Crippen LogP contribution in [-0.2, 0) is 10.0 Å². The van der Waals surface area contributed by atoms with Crippen molar-refractivity contribution >= 4 is 21.7 Å². The molecule has 1 saturated heterocycles. The van der Waals surface area contributed by atoms with Crippen molar-refractivity contribution < 1.29 is 17.2 Å². The highest BCUT2D eigenvalue weighted by molar-refractivity contribution is 7.89. The molecule has 0 saturated carbocycles. The molecule has 156 valence electrons. The largest absolute Gasteiger partial charge is 0.324 e. The van der Waals surface area contributed by atoms with Crippen LogP contribution in [0.4, 0.5) is 20.4 Å². The van der Waals surface area contributed by atoms with Gasteiger partial charge in [-0.3, -0.25) is 0 Å². The predicted octanol–water partition coefficient (Wildman–Crippen LogP) is 2.76. The highest BCUT2D eigenvalue weighted by Crippen LogP contribution is 2.23. The average molecular weight is 431 g/mol. The molecule has 1 aliphatic rings. The third kappa shape index (κ3) is 4.30. The fourth-order valence-electron chi connectivity index (χ4n) is 3.11. The van der Waals surface area contributed by atoms with Crippen LogP contribution in [0, 0.1) is 11.6 Å². The van der Waals surface area contributed by atoms with Crippen molar-refractivity contribution in [2.24, 2.45) is 0 Å². The van der Waals surface area contributed by atoms with Crippen molar-refractivity contribution in [3.05, 3.63) is 66.4 Å². The molecule has 4 rings (SSSR count). The maximum atomic E-state index is 13.4. The number of hydrogen-bond donors (Lipinski definition) is 2. The van der Waals surface area contributed by atoms with Crippen molar-refractivity contribution in [1.82, 2.24) is 19.6 Å². The van der Waals surface area contributed by atoms with Crippen LogP contribution in [0.3, 0.4) is 0 Å². The normalized spacial score (nSPS) is 15.1. The number of nitrogens with zero attached hydrogens (tertiary/aromatic N) is 3. The quantitative estimate of drug-likeness (QED) is 0.646. The Bertz CT molecular complexity index is 1150. The zero-order valence-electron chi connectivity index (χ0n) is 15.8. The summed E-state index contributed by atoms with van der Waals surface area (Å²) in [5.41, 5.74) is 1.56. The first-order valence-corrected chi connectivity index (χ1v) is 10.7. The summed E-state index contributed by atoms with van der Waals surface area (Å²) in [7, 11) is -3.54. The van der Waals surface area contributed by atoms with Crippen molar-refractivity contribution in [2.75, 3.05) is 31.5 Å². The second-order valence-corrected chi connectivity index (χ2v) is 8.64. The Morgan fingerprint density at radius 3 is 2.40 bits per heavy atom. The van der Waals surface area contributed by atoms with Crippen LogP contribution in [0.1, 0.15) is 0 Å². The van der Waals surface area contributed by atoms with Gasteiger partial charge in [-0.2, -0.15) is 4.31 Å². The predicted molar refractivity (Wildman–Crippen MR) is 109 cm³/mol. The Morgan fingerprint density at radius 1 is 0.967 bits per heavy atom. The molecule has 7 nitrogen and oxygen atoms in total. The minimum absolute atomic E-state index is 0.205. The molecular weight excluding hydrogens is 412 g/mol. The number of piperazine rings is 1. The van der Waals surface area contributed by atoms with Gasteiger partial charge in [0.1, 0.15) is 0 Å². The minimum atomic E-state index is -3.54. The molecular formula is C20H19F2N5O2S. The van der Waals surface area contributed by atoms with Crippen molar-refractivity contribution in [1.29, 1.82) is 0 Å². The fraction of sp³-hybridized carbons (Fsp3) is 0.200. The summed E-state index contributed by atoms with van der Waals surface area (Å²) in [6.45, 7) is 2.14. The molecule has 1 aromatic heterocycles. The molecule has 2 heterocycles. The maximum Gasteiger partial charge on any atom is 0.243 e. The summed E-state index contributed by atoms with van der Waals surface area (Å²) >= 11 is 0. The Kier molecular flexibility index (Phi) is 5.71. The smallest absolute Gasteiger partial charge is 0.243 e. The van der Waals surface area contributed by atoms with E-state index >= 15 is 0 Å². The molecule has 0 unspecified atom stereocenters. The number of benzene rings is 2. The molecule has 2 aromatic carbocycles. The lowest BCUT2D eigenvalue weighted by atomic mass is 10.1. The van der Waals surface area contributed by atoms with Gasteiger partial charge in [-0.25, -0.2) is 27.2 Å². The Hall–Kier alpha value is -2.95. The number of nitrogens with one attached hydrogen (secondary N) is 2. The van der Waals surface area contributed by atoms with E-state index in [2.05, 4.69) is 20.6 Å². The lowest BCUT2D eigenvalue weighted by molar-refractivity contribution is 0.360. The Morgan fingerprint density at radius 2 is 1.70 bits per heavy atom. The molecule has 2 N–H and O–H groups in total. The van der Waals surface area contributed by atoms with E-state index in [4.69, 9.17) is 0 Å². The van der Waals surface area contributed by atoms with Crippen LogP contribution in [0.5, 0.6) is 0 Å². The van der Waals surface area contributed by atoms with Gasteiger partial charge in [-0.15, -0.1) is 0 Å². The summed E-state index contributed by atoms with van der Waals surface area (Å²) in [6, 6.07) is 11.5. The monoisotopic (exact) mass is 431 g/mol. The van der Waals surface area contributed by atoms with Crippen molar-refractivity contribution in [3.63, 3.8) is 0 Å². The lowest BCUT2D eigenvalue weighted by Crippen LogP contribution is -2.46. The van der Waals surface area contributed by atoms with Crippen molar-refractivity contribution in [2.45, 2.75) is 4.90 Å². The van der Waals surface area contributed by atoms with Gasteiger partial charge in [-0.1, -0.05) is 12.1 Å². The van der Waals surface area contributed by atoms with E-state index in [-0.39, 0.29) is 10.8 Å². The third-order valence-electron chi connectivity index (χ3n) is 4.70. The molecule has 0 amide bonds. The number of hydrogen-bond acceptors (Lipinski definition) is 6. The van der Waals surface area contributed by atoms with Crippen LogP contribution in [0.25, 0.3) is 11.3 Å². The summed E-state index contributed by atoms with van der Waals surface area (Å²) < 4.78 is 53.4. The van der Waals surface area contributed by atoms with Gasteiger partial charge in [0.05, 0.1) is 10.6 Å². The number of anilines is 2.